The maximum atomic E-state index is 12.4. The van der Waals surface area contributed by atoms with E-state index in [1.54, 1.807) is 11.2 Å². The number of aliphatic carboxylic acids is 1. The van der Waals surface area contributed by atoms with Crippen molar-refractivity contribution in [3.63, 3.8) is 0 Å². The Kier molecular flexibility index (Phi) is 3.37. The molecular formula is C15H17N3O3. The number of imidazole rings is 1. The number of carboxylic acids is 1. The number of likely N-dealkylation sites (tertiary alicyclic amines) is 1. The molecule has 1 fully saturated rings. The van der Waals surface area contributed by atoms with Gasteiger partial charge in [0.1, 0.15) is 6.04 Å². The van der Waals surface area contributed by atoms with E-state index in [0.29, 0.717) is 13.1 Å². The molecule has 1 aliphatic heterocycles. The highest BCUT2D eigenvalue weighted by Gasteiger charge is 2.34. The standard InChI is InChI=1S/C15H17N3O3/c1-10(15(21)17-7-11(8-17)6-14(19)20)18-9-16-12-4-2-3-5-13(12)18/h2-5,9-11H,6-8H2,1H3,(H,19,20). The first kappa shape index (κ1) is 13.6. The second kappa shape index (κ2) is 5.20. The zero-order valence-corrected chi connectivity index (χ0v) is 11.8. The van der Waals surface area contributed by atoms with Crippen LogP contribution in [-0.4, -0.2) is 44.5 Å². The summed E-state index contributed by atoms with van der Waals surface area (Å²) in [5.41, 5.74) is 1.80. The lowest BCUT2D eigenvalue weighted by molar-refractivity contribution is -0.146. The summed E-state index contributed by atoms with van der Waals surface area (Å²) in [5.74, 6) is -0.710. The van der Waals surface area contributed by atoms with Gasteiger partial charge < -0.3 is 14.6 Å². The van der Waals surface area contributed by atoms with E-state index in [1.807, 2.05) is 35.8 Å². The zero-order valence-electron chi connectivity index (χ0n) is 11.8. The van der Waals surface area contributed by atoms with Gasteiger partial charge in [-0.15, -0.1) is 0 Å². The molecule has 1 unspecified atom stereocenters. The summed E-state index contributed by atoms with van der Waals surface area (Å²) in [6.45, 7) is 2.91. The van der Waals surface area contributed by atoms with Crippen LogP contribution in [0.3, 0.4) is 0 Å². The molecule has 6 heteroatoms. The Labute approximate surface area is 122 Å². The van der Waals surface area contributed by atoms with Gasteiger partial charge in [-0.1, -0.05) is 12.1 Å². The van der Waals surface area contributed by atoms with Crippen LogP contribution in [0.2, 0.25) is 0 Å². The van der Waals surface area contributed by atoms with E-state index in [-0.39, 0.29) is 24.3 Å². The third-order valence-corrected chi connectivity index (χ3v) is 3.99. The minimum Gasteiger partial charge on any atom is -0.481 e. The average Bonchev–Trinajstić information content (AvgIpc) is 2.84. The number of carboxylic acid groups (broad SMARTS) is 1. The van der Waals surface area contributed by atoms with Crippen molar-refractivity contribution in [3.8, 4) is 0 Å². The van der Waals surface area contributed by atoms with E-state index in [9.17, 15) is 9.59 Å². The summed E-state index contributed by atoms with van der Waals surface area (Å²) in [6, 6.07) is 7.36. The minimum absolute atomic E-state index is 0.0137. The van der Waals surface area contributed by atoms with Crippen molar-refractivity contribution in [2.45, 2.75) is 19.4 Å². The first-order valence-electron chi connectivity index (χ1n) is 6.98. The number of fused-ring (bicyclic) bond motifs is 1. The molecule has 1 aliphatic rings. The summed E-state index contributed by atoms with van der Waals surface area (Å²) in [5, 5.41) is 8.74. The highest BCUT2D eigenvalue weighted by molar-refractivity contribution is 5.84. The number of hydrogen-bond donors (Lipinski definition) is 1. The molecule has 1 aromatic heterocycles. The Morgan fingerprint density at radius 3 is 2.81 bits per heavy atom. The topological polar surface area (TPSA) is 75.4 Å². The van der Waals surface area contributed by atoms with Crippen molar-refractivity contribution >= 4 is 22.9 Å². The van der Waals surface area contributed by atoms with Crippen LogP contribution in [-0.2, 0) is 9.59 Å². The van der Waals surface area contributed by atoms with Crippen LogP contribution in [0.5, 0.6) is 0 Å². The fraction of sp³-hybridized carbons (Fsp3) is 0.400. The molecule has 2 heterocycles. The van der Waals surface area contributed by atoms with Crippen molar-refractivity contribution < 1.29 is 14.7 Å². The van der Waals surface area contributed by atoms with Crippen LogP contribution in [0, 0.1) is 5.92 Å². The van der Waals surface area contributed by atoms with Gasteiger partial charge in [0, 0.05) is 19.0 Å². The number of benzene rings is 1. The quantitative estimate of drug-likeness (QED) is 0.925. The fourth-order valence-corrected chi connectivity index (χ4v) is 2.80. The van der Waals surface area contributed by atoms with E-state index in [1.165, 1.54) is 0 Å². The number of nitrogens with zero attached hydrogens (tertiary/aromatic N) is 3. The molecule has 0 radical (unpaired) electrons. The maximum absolute atomic E-state index is 12.4. The average molecular weight is 287 g/mol. The number of carbonyl (C=O) groups is 2. The highest BCUT2D eigenvalue weighted by atomic mass is 16.4. The number of amides is 1. The van der Waals surface area contributed by atoms with Crippen LogP contribution in [0.4, 0.5) is 0 Å². The molecule has 1 N–H and O–H groups in total. The fourth-order valence-electron chi connectivity index (χ4n) is 2.80. The predicted molar refractivity (Wildman–Crippen MR) is 76.8 cm³/mol. The van der Waals surface area contributed by atoms with Crippen molar-refractivity contribution in [2.24, 2.45) is 5.92 Å². The first-order valence-corrected chi connectivity index (χ1v) is 6.98. The van der Waals surface area contributed by atoms with Gasteiger partial charge in [0.25, 0.3) is 0 Å². The van der Waals surface area contributed by atoms with E-state index in [4.69, 9.17) is 5.11 Å². The lowest BCUT2D eigenvalue weighted by Crippen LogP contribution is -2.52. The van der Waals surface area contributed by atoms with Gasteiger partial charge in [0.15, 0.2) is 0 Å². The third kappa shape index (κ3) is 2.49. The van der Waals surface area contributed by atoms with Gasteiger partial charge in [-0.25, -0.2) is 4.98 Å². The summed E-state index contributed by atoms with van der Waals surface area (Å²) in [7, 11) is 0. The van der Waals surface area contributed by atoms with Gasteiger partial charge in [-0.05, 0) is 19.1 Å². The van der Waals surface area contributed by atoms with Crippen LogP contribution >= 0.6 is 0 Å². The van der Waals surface area contributed by atoms with E-state index in [2.05, 4.69) is 4.98 Å². The van der Waals surface area contributed by atoms with Crippen molar-refractivity contribution in [2.75, 3.05) is 13.1 Å². The van der Waals surface area contributed by atoms with Gasteiger partial charge >= 0.3 is 5.97 Å². The molecule has 1 amide bonds. The molecule has 0 spiro atoms. The first-order chi connectivity index (χ1) is 10.1. The van der Waals surface area contributed by atoms with Crippen LogP contribution in [0.25, 0.3) is 11.0 Å². The molecule has 6 nitrogen and oxygen atoms in total. The molecule has 1 atom stereocenters. The zero-order chi connectivity index (χ0) is 15.0. The third-order valence-electron chi connectivity index (χ3n) is 3.99. The number of carbonyl (C=O) groups excluding carboxylic acids is 1. The molecule has 110 valence electrons. The van der Waals surface area contributed by atoms with Crippen LogP contribution < -0.4 is 0 Å². The molecule has 0 bridgehead atoms. The Morgan fingerprint density at radius 2 is 2.10 bits per heavy atom. The molecule has 2 aromatic rings. The molecule has 1 aromatic carbocycles. The molecule has 0 aliphatic carbocycles. The van der Waals surface area contributed by atoms with Crippen molar-refractivity contribution in [1.82, 2.24) is 14.5 Å². The Balaban J connectivity index is 1.70. The molecule has 21 heavy (non-hydrogen) atoms. The molecule has 1 saturated heterocycles. The van der Waals surface area contributed by atoms with E-state index in [0.717, 1.165) is 11.0 Å². The van der Waals surface area contributed by atoms with Gasteiger partial charge in [-0.3, -0.25) is 9.59 Å². The van der Waals surface area contributed by atoms with Crippen molar-refractivity contribution in [1.29, 1.82) is 0 Å². The summed E-state index contributed by atoms with van der Waals surface area (Å²) in [6.07, 6.45) is 1.81. The summed E-state index contributed by atoms with van der Waals surface area (Å²) >= 11 is 0. The lowest BCUT2D eigenvalue weighted by Gasteiger charge is -2.40. The second-order valence-electron chi connectivity index (χ2n) is 5.52. The predicted octanol–water partition coefficient (Wildman–Crippen LogP) is 1.53. The SMILES string of the molecule is CC(C(=O)N1CC(CC(=O)O)C1)n1cnc2ccccc21. The number of para-hydroxylation sites is 2. The number of aromatic nitrogens is 2. The molecular weight excluding hydrogens is 270 g/mol. The molecule has 0 saturated carbocycles. The smallest absolute Gasteiger partial charge is 0.303 e. The van der Waals surface area contributed by atoms with Gasteiger partial charge in [-0.2, -0.15) is 0 Å². The Bertz CT molecular complexity index is 688. The van der Waals surface area contributed by atoms with Crippen LogP contribution in [0.15, 0.2) is 30.6 Å². The van der Waals surface area contributed by atoms with Crippen LogP contribution in [0.1, 0.15) is 19.4 Å². The van der Waals surface area contributed by atoms with Gasteiger partial charge in [0.05, 0.1) is 23.8 Å². The maximum Gasteiger partial charge on any atom is 0.303 e. The van der Waals surface area contributed by atoms with Crippen molar-refractivity contribution in [3.05, 3.63) is 30.6 Å². The molecule has 3 rings (SSSR count). The largest absolute Gasteiger partial charge is 0.481 e. The van der Waals surface area contributed by atoms with Gasteiger partial charge in [0.2, 0.25) is 5.91 Å². The minimum atomic E-state index is -0.805. The summed E-state index contributed by atoms with van der Waals surface area (Å²) < 4.78 is 1.86. The van der Waals surface area contributed by atoms with E-state index < -0.39 is 5.97 Å². The summed E-state index contributed by atoms with van der Waals surface area (Å²) in [4.78, 5) is 29.1. The normalized spacial score (nSPS) is 16.7. The monoisotopic (exact) mass is 287 g/mol. The highest BCUT2D eigenvalue weighted by Crippen LogP contribution is 2.24. The number of hydrogen-bond acceptors (Lipinski definition) is 3. The second-order valence-corrected chi connectivity index (χ2v) is 5.52. The van der Waals surface area contributed by atoms with E-state index >= 15 is 0 Å². The lowest BCUT2D eigenvalue weighted by atomic mass is 9.95. The Hall–Kier alpha value is -2.37. The Morgan fingerprint density at radius 1 is 1.38 bits per heavy atom. The number of rotatable bonds is 4.